The van der Waals surface area contributed by atoms with Crippen LogP contribution in [0.5, 0.6) is 0 Å². The van der Waals surface area contributed by atoms with Gasteiger partial charge in [-0.25, -0.2) is 4.79 Å². The van der Waals surface area contributed by atoms with Crippen molar-refractivity contribution in [1.29, 1.82) is 0 Å². The number of hydrogen-bond donors (Lipinski definition) is 2. The van der Waals surface area contributed by atoms with E-state index >= 15 is 0 Å². The Morgan fingerprint density at radius 3 is 2.51 bits per heavy atom. The molecule has 6 saturated heterocycles. The van der Waals surface area contributed by atoms with Gasteiger partial charge < -0.3 is 38.6 Å². The SMILES string of the molecule is C=C(C)[C@]12C[C@@H](C)[C@]34O[C@@]5(CCCCCCC[C@@H](C)[C@@H]6[C@@H]3[C@]3(O[C@]6(C)OC3=O)[C@H](O)[C@@]3(CO)O[C@H]3[C@H]4[C@H]1O5)O2. The van der Waals surface area contributed by atoms with E-state index in [1.165, 1.54) is 0 Å². The van der Waals surface area contributed by atoms with Crippen LogP contribution in [0.1, 0.15) is 79.1 Å². The lowest BCUT2D eigenvalue weighted by molar-refractivity contribution is -0.435. The molecule has 0 aromatic heterocycles. The van der Waals surface area contributed by atoms with Gasteiger partial charge in [0.2, 0.25) is 11.4 Å². The summed E-state index contributed by atoms with van der Waals surface area (Å²) in [7, 11) is 0. The van der Waals surface area contributed by atoms with Crippen LogP contribution in [0.25, 0.3) is 0 Å². The normalized spacial score (nSPS) is 62.4. The second-order valence-electron chi connectivity index (χ2n) is 14.2. The first-order valence-electron chi connectivity index (χ1n) is 15.1. The molecule has 9 heteroatoms. The highest BCUT2D eigenvalue weighted by molar-refractivity contribution is 5.85. The van der Waals surface area contributed by atoms with Crippen LogP contribution in [0.2, 0.25) is 0 Å². The molecule has 6 heterocycles. The number of hydrogen-bond acceptors (Lipinski definition) is 9. The van der Waals surface area contributed by atoms with Crippen LogP contribution in [0, 0.1) is 29.6 Å². The van der Waals surface area contributed by atoms with Crippen molar-refractivity contribution in [3.05, 3.63) is 12.2 Å². The number of esters is 1. The molecule has 0 unspecified atom stereocenters. The summed E-state index contributed by atoms with van der Waals surface area (Å²) in [5.41, 5.74) is -4.00. The number of rotatable bonds is 2. The van der Waals surface area contributed by atoms with E-state index in [2.05, 4.69) is 20.4 Å². The Labute approximate surface area is 229 Å². The van der Waals surface area contributed by atoms with E-state index in [9.17, 15) is 15.0 Å². The van der Waals surface area contributed by atoms with Crippen molar-refractivity contribution in [2.24, 2.45) is 29.6 Å². The van der Waals surface area contributed by atoms with Crippen molar-refractivity contribution >= 4 is 5.97 Å². The van der Waals surface area contributed by atoms with E-state index in [-0.39, 0.29) is 17.8 Å². The lowest BCUT2D eigenvalue weighted by Crippen LogP contribution is -2.75. The average Bonchev–Trinajstić information content (AvgIpc) is 3.39. The third kappa shape index (κ3) is 2.63. The molecule has 8 rings (SSSR count). The molecule has 3 spiro atoms. The third-order valence-electron chi connectivity index (χ3n) is 12.3. The van der Waals surface area contributed by atoms with Gasteiger partial charge in [0.25, 0.3) is 5.97 Å². The first-order valence-corrected chi connectivity index (χ1v) is 15.1. The van der Waals surface area contributed by atoms with Gasteiger partial charge in [0.05, 0.1) is 12.2 Å². The lowest BCUT2D eigenvalue weighted by Gasteiger charge is -2.61. The number of aliphatic hydroxyl groups excluding tert-OH is 2. The van der Waals surface area contributed by atoms with Gasteiger partial charge in [-0.15, -0.1) is 0 Å². The van der Waals surface area contributed by atoms with Crippen LogP contribution in [0.15, 0.2) is 12.2 Å². The number of carbonyl (C=O) groups is 1. The number of fused-ring (bicyclic) bond motifs is 3. The topological polar surface area (TPSA) is 116 Å². The van der Waals surface area contributed by atoms with E-state index in [1.807, 2.05) is 13.8 Å². The smallest absolute Gasteiger partial charge is 0.344 e. The lowest BCUT2D eigenvalue weighted by atomic mass is 9.50. The molecule has 8 aliphatic rings. The van der Waals surface area contributed by atoms with Gasteiger partial charge >= 0.3 is 5.97 Å². The summed E-state index contributed by atoms with van der Waals surface area (Å²) < 4.78 is 40.2. The van der Waals surface area contributed by atoms with Crippen molar-refractivity contribution in [3.8, 4) is 0 Å². The highest BCUT2D eigenvalue weighted by atomic mass is 16.9. The Morgan fingerprint density at radius 2 is 1.77 bits per heavy atom. The predicted molar refractivity (Wildman–Crippen MR) is 135 cm³/mol. The van der Waals surface area contributed by atoms with Gasteiger partial charge in [-0.3, -0.25) is 0 Å². The van der Waals surface area contributed by atoms with Crippen LogP contribution < -0.4 is 0 Å². The summed E-state index contributed by atoms with van der Waals surface area (Å²) in [5, 5.41) is 22.9. The molecule has 5 bridgehead atoms. The minimum atomic E-state index is -1.73. The van der Waals surface area contributed by atoms with Crippen molar-refractivity contribution in [2.75, 3.05) is 6.61 Å². The maximum absolute atomic E-state index is 14.0. The molecule has 2 saturated carbocycles. The number of ether oxygens (including phenoxy) is 6. The van der Waals surface area contributed by atoms with Gasteiger partial charge in [-0.1, -0.05) is 52.5 Å². The van der Waals surface area contributed by atoms with Gasteiger partial charge in [0.1, 0.15) is 29.5 Å². The summed E-state index contributed by atoms with van der Waals surface area (Å²) in [6.45, 7) is 12.1. The van der Waals surface area contributed by atoms with Gasteiger partial charge in [0.15, 0.2) is 0 Å². The molecule has 6 aliphatic heterocycles. The monoisotopic (exact) mass is 546 g/mol. The van der Waals surface area contributed by atoms with Crippen LogP contribution in [0.3, 0.4) is 0 Å². The molecule has 216 valence electrons. The second kappa shape index (κ2) is 7.46. The molecule has 0 aromatic rings. The Bertz CT molecular complexity index is 1140. The van der Waals surface area contributed by atoms with E-state index in [0.29, 0.717) is 12.8 Å². The fourth-order valence-electron chi connectivity index (χ4n) is 10.7. The zero-order chi connectivity index (χ0) is 27.4. The van der Waals surface area contributed by atoms with Crippen molar-refractivity contribution in [3.63, 3.8) is 0 Å². The maximum atomic E-state index is 14.0. The van der Waals surface area contributed by atoms with Gasteiger partial charge in [-0.05, 0) is 37.2 Å². The quantitative estimate of drug-likeness (QED) is 0.306. The number of aliphatic hydroxyl groups is 2. The zero-order valence-electron chi connectivity index (χ0n) is 23.4. The van der Waals surface area contributed by atoms with E-state index in [4.69, 9.17) is 28.4 Å². The van der Waals surface area contributed by atoms with Crippen molar-refractivity contribution in [1.82, 2.24) is 0 Å². The molecule has 2 N–H and O–H groups in total. The van der Waals surface area contributed by atoms with Crippen LogP contribution in [-0.4, -0.2) is 75.3 Å². The van der Waals surface area contributed by atoms with E-state index in [0.717, 1.165) is 44.1 Å². The molecule has 0 amide bonds. The van der Waals surface area contributed by atoms with Crippen LogP contribution >= 0.6 is 0 Å². The minimum absolute atomic E-state index is 0.104. The number of epoxide rings is 1. The van der Waals surface area contributed by atoms with Crippen molar-refractivity contribution < 1.29 is 43.4 Å². The third-order valence-corrected chi connectivity index (χ3v) is 12.3. The first-order chi connectivity index (χ1) is 18.5. The molecule has 0 radical (unpaired) electrons. The summed E-state index contributed by atoms with van der Waals surface area (Å²) >= 11 is 0. The highest BCUT2D eigenvalue weighted by Gasteiger charge is 2.93. The standard InChI is InChI=1S/C30H42O9/c1-15(2)26-13-17(4)29-19-21(26)35-28(38-26,39-29)12-10-8-6-7-9-11-16(3)18-20(29)30(24(33)36-25(18,5)37-30)23(32)27(14-31)22(19)34-27/h16-23,31-32H,1,6-14H2,2-5H3/t16-,17-,18-,19-,20+,21-,22+,23-,25+,26-,27+,28-,29-,30+/m1/s1. The Balaban J connectivity index is 1.42. The van der Waals surface area contributed by atoms with Crippen LogP contribution in [-0.2, 0) is 33.2 Å². The summed E-state index contributed by atoms with van der Waals surface area (Å²) in [4.78, 5) is 14.0. The Morgan fingerprint density at radius 1 is 1.03 bits per heavy atom. The summed E-state index contributed by atoms with van der Waals surface area (Å²) in [5.74, 6) is -4.22. The molecule has 8 fully saturated rings. The van der Waals surface area contributed by atoms with E-state index in [1.54, 1.807) is 0 Å². The molecule has 9 nitrogen and oxygen atoms in total. The van der Waals surface area contributed by atoms with Gasteiger partial charge in [-0.2, -0.15) is 0 Å². The maximum Gasteiger partial charge on any atom is 0.344 e. The van der Waals surface area contributed by atoms with Crippen molar-refractivity contribution in [2.45, 2.75) is 132 Å². The molecule has 39 heavy (non-hydrogen) atoms. The average molecular weight is 547 g/mol. The Kier molecular flexibility index (Phi) is 4.90. The van der Waals surface area contributed by atoms with E-state index < -0.39 is 76.9 Å². The number of carbonyl (C=O) groups excluding carboxylic acids is 1. The molecular formula is C30H42O9. The zero-order valence-corrected chi connectivity index (χ0v) is 23.4. The largest absolute Gasteiger partial charge is 0.431 e. The molecule has 14 atom stereocenters. The molecular weight excluding hydrogens is 504 g/mol. The fourth-order valence-corrected chi connectivity index (χ4v) is 10.7. The first kappa shape index (κ1) is 25.6. The Hall–Kier alpha value is -1.07. The minimum Gasteiger partial charge on any atom is -0.431 e. The summed E-state index contributed by atoms with van der Waals surface area (Å²) in [6, 6.07) is 0. The molecule has 2 aliphatic carbocycles. The fraction of sp³-hybridized carbons (Fsp3) is 0.900. The molecule has 0 aromatic carbocycles. The summed E-state index contributed by atoms with van der Waals surface area (Å²) in [6.07, 6.45) is 4.93. The predicted octanol–water partition coefficient (Wildman–Crippen LogP) is 2.95. The van der Waals surface area contributed by atoms with Gasteiger partial charge in [0, 0.05) is 31.1 Å². The van der Waals surface area contributed by atoms with Crippen LogP contribution in [0.4, 0.5) is 0 Å². The second-order valence-corrected chi connectivity index (χ2v) is 14.2. The highest BCUT2D eigenvalue weighted by Crippen LogP contribution is 2.77.